The van der Waals surface area contributed by atoms with E-state index in [9.17, 15) is 24.0 Å². The molecule has 0 bridgehead atoms. The molecule has 1 aromatic heterocycles. The Bertz CT molecular complexity index is 1260. The molecule has 32 heavy (non-hydrogen) atoms. The summed E-state index contributed by atoms with van der Waals surface area (Å²) in [7, 11) is 1.25. The van der Waals surface area contributed by atoms with Gasteiger partial charge in [-0.25, -0.2) is 18.6 Å². The van der Waals surface area contributed by atoms with Crippen LogP contribution in [-0.2, 0) is 4.79 Å². The number of carbonyl (C=O) groups is 1. The molecule has 0 saturated heterocycles. The van der Waals surface area contributed by atoms with E-state index >= 15 is 0 Å². The van der Waals surface area contributed by atoms with Crippen LogP contribution in [0.5, 0.6) is 5.88 Å². The van der Waals surface area contributed by atoms with Crippen LogP contribution in [0.1, 0.15) is 41.5 Å². The van der Waals surface area contributed by atoms with Crippen molar-refractivity contribution in [2.45, 2.75) is 32.1 Å². The number of aromatic nitrogens is 1. The smallest absolute Gasteiger partial charge is 0.349 e. The highest BCUT2D eigenvalue weighted by Crippen LogP contribution is 2.54. The van der Waals surface area contributed by atoms with Gasteiger partial charge in [-0.1, -0.05) is 6.07 Å². The molecule has 9 heteroatoms. The fraction of sp³-hybridized carbons (Fsp3) is 0.348. The number of anilines is 1. The number of ether oxygens (including phenoxy) is 1. The van der Waals surface area contributed by atoms with Gasteiger partial charge >= 0.3 is 5.91 Å². The summed E-state index contributed by atoms with van der Waals surface area (Å²) in [5.41, 5.74) is 3.82. The van der Waals surface area contributed by atoms with Gasteiger partial charge < -0.3 is 15.3 Å². The van der Waals surface area contributed by atoms with Crippen molar-refractivity contribution in [3.8, 4) is 11.9 Å². The monoisotopic (exact) mass is 438 g/mol. The van der Waals surface area contributed by atoms with Crippen LogP contribution in [0.3, 0.4) is 0 Å². The number of likely N-dealkylation sites (N-methyl/N-ethyl adjacent to an activating group) is 1. The molecule has 3 unspecified atom stereocenters. The van der Waals surface area contributed by atoms with Crippen molar-refractivity contribution in [2.75, 3.05) is 19.0 Å². The van der Waals surface area contributed by atoms with Gasteiger partial charge in [-0.15, -0.1) is 0 Å². The summed E-state index contributed by atoms with van der Waals surface area (Å²) in [4.78, 5) is 17.7. The van der Waals surface area contributed by atoms with Crippen LogP contribution in [0.15, 0.2) is 35.7 Å². The maximum Gasteiger partial charge on any atom is 0.349 e. The Kier molecular flexibility index (Phi) is 4.22. The molecule has 1 saturated carbocycles. The van der Waals surface area contributed by atoms with Crippen molar-refractivity contribution in [3.05, 3.63) is 63.1 Å². The molecule has 5 rings (SSSR count). The first-order valence-electron chi connectivity index (χ1n) is 10.2. The van der Waals surface area contributed by atoms with Gasteiger partial charge in [0.05, 0.1) is 53.9 Å². The van der Waals surface area contributed by atoms with Crippen LogP contribution in [0.4, 0.5) is 20.2 Å². The quantitative estimate of drug-likeness (QED) is 0.572. The number of rotatable bonds is 3. The lowest BCUT2D eigenvalue weighted by Gasteiger charge is -2.45. The zero-order chi connectivity index (χ0) is 23.0. The van der Waals surface area contributed by atoms with E-state index in [1.54, 1.807) is 25.3 Å². The van der Waals surface area contributed by atoms with E-state index in [2.05, 4.69) is 10.3 Å². The number of hydroxylamine groups is 2. The maximum atomic E-state index is 13.4. The second-order valence-corrected chi connectivity index (χ2v) is 8.72. The zero-order valence-electron chi connectivity index (χ0n) is 17.7. The Labute approximate surface area is 183 Å². The Morgan fingerprint density at radius 3 is 2.78 bits per heavy atom. The number of nitrogens with zero attached hydrogens (tertiary/aromatic N) is 3. The first kappa shape index (κ1) is 20.5. The Hall–Kier alpha value is -3.35. The summed E-state index contributed by atoms with van der Waals surface area (Å²) in [5.74, 6) is -4.76. The van der Waals surface area contributed by atoms with Crippen LogP contribution in [-0.4, -0.2) is 30.5 Å². The molecular formula is C23H20F2N4O3. The third-order valence-corrected chi connectivity index (χ3v) is 6.49. The highest BCUT2D eigenvalue weighted by Gasteiger charge is 2.57. The zero-order valence-corrected chi connectivity index (χ0v) is 17.7. The van der Waals surface area contributed by atoms with E-state index in [0.29, 0.717) is 22.5 Å². The van der Waals surface area contributed by atoms with Gasteiger partial charge in [-0.05, 0) is 25.5 Å². The molecule has 1 N–H and O–H groups in total. The molecule has 3 aliphatic rings. The van der Waals surface area contributed by atoms with Gasteiger partial charge in [0.1, 0.15) is 5.69 Å². The number of pyridine rings is 1. The molecule has 2 aliphatic heterocycles. The van der Waals surface area contributed by atoms with Crippen molar-refractivity contribution in [1.29, 1.82) is 5.26 Å². The summed E-state index contributed by atoms with van der Waals surface area (Å²) < 4.78 is 31.3. The highest BCUT2D eigenvalue weighted by atomic mass is 19.3. The molecule has 0 radical (unpaired) electrons. The minimum Gasteiger partial charge on any atom is -0.620 e. The van der Waals surface area contributed by atoms with Gasteiger partial charge in [0.25, 0.3) is 5.92 Å². The minimum absolute atomic E-state index is 0.154. The van der Waals surface area contributed by atoms with Gasteiger partial charge in [-0.2, -0.15) is 5.26 Å². The largest absolute Gasteiger partial charge is 0.620 e. The van der Waals surface area contributed by atoms with Gasteiger partial charge in [0, 0.05) is 29.9 Å². The molecule has 1 amide bonds. The maximum absolute atomic E-state index is 13.4. The molecule has 7 nitrogen and oxygen atoms in total. The number of allylic oxidation sites excluding steroid dienone is 1. The fourth-order valence-electron chi connectivity index (χ4n) is 4.56. The van der Waals surface area contributed by atoms with E-state index in [0.717, 1.165) is 5.56 Å². The number of fused-ring (bicyclic) bond motifs is 5. The summed E-state index contributed by atoms with van der Waals surface area (Å²) >= 11 is 0. The van der Waals surface area contributed by atoms with Gasteiger partial charge in [-0.3, -0.25) is 4.65 Å². The number of nitriles is 1. The van der Waals surface area contributed by atoms with Crippen LogP contribution >= 0.6 is 0 Å². The van der Waals surface area contributed by atoms with Gasteiger partial charge in [0.15, 0.2) is 0 Å². The Morgan fingerprint density at radius 1 is 1.41 bits per heavy atom. The van der Waals surface area contributed by atoms with Crippen LogP contribution < -0.4 is 14.7 Å². The molecule has 1 aliphatic carbocycles. The average Bonchev–Trinajstić information content (AvgIpc) is 3.37. The van der Waals surface area contributed by atoms with Crippen molar-refractivity contribution in [3.63, 3.8) is 0 Å². The topological polar surface area (TPSA) is 98.1 Å². The number of amides is 1. The first-order valence-corrected chi connectivity index (χ1v) is 10.2. The average molecular weight is 438 g/mol. The van der Waals surface area contributed by atoms with E-state index in [4.69, 9.17) is 4.74 Å². The molecule has 164 valence electrons. The number of benzene rings is 1. The molecular weight excluding hydrogens is 418 g/mol. The van der Waals surface area contributed by atoms with Crippen LogP contribution in [0.2, 0.25) is 0 Å². The summed E-state index contributed by atoms with van der Waals surface area (Å²) in [6.45, 7) is 3.38. The number of quaternary nitrogens is 1. The predicted octanol–water partition coefficient (Wildman–Crippen LogP) is 4.10. The molecule has 1 aromatic carbocycles. The predicted molar refractivity (Wildman–Crippen MR) is 113 cm³/mol. The number of nitrogens with one attached hydrogen (secondary N) is 1. The van der Waals surface area contributed by atoms with E-state index in [1.165, 1.54) is 13.1 Å². The summed E-state index contributed by atoms with van der Waals surface area (Å²) in [6.07, 6.45) is 1.36. The SMILES string of the molecule is CC1=C2C(=O)[N+](C)([O-])c3cc(C#N)ccc3C2c2c(OCC3CC3(F)F)ncc(C)c2N1. The lowest BCUT2D eigenvalue weighted by atomic mass is 9.76. The molecule has 2 aromatic rings. The first-order chi connectivity index (χ1) is 15.1. The number of halogens is 2. The second-order valence-electron chi connectivity index (χ2n) is 8.72. The summed E-state index contributed by atoms with van der Waals surface area (Å²) in [5, 5.41) is 25.9. The van der Waals surface area contributed by atoms with Crippen molar-refractivity contribution < 1.29 is 18.3 Å². The molecule has 3 atom stereocenters. The van der Waals surface area contributed by atoms with Crippen molar-refractivity contribution in [1.82, 2.24) is 9.63 Å². The molecule has 3 heterocycles. The van der Waals surface area contributed by atoms with Crippen molar-refractivity contribution in [2.24, 2.45) is 5.92 Å². The van der Waals surface area contributed by atoms with E-state index < -0.39 is 28.3 Å². The molecule has 1 fully saturated rings. The minimum atomic E-state index is -2.73. The fourth-order valence-corrected chi connectivity index (χ4v) is 4.56. The normalized spacial score (nSPS) is 27.0. The summed E-state index contributed by atoms with van der Waals surface area (Å²) in [6, 6.07) is 6.70. The number of aryl methyl sites for hydroxylation is 1. The Balaban J connectivity index is 1.71. The third kappa shape index (κ3) is 2.83. The van der Waals surface area contributed by atoms with Crippen LogP contribution in [0.25, 0.3) is 0 Å². The lowest BCUT2D eigenvalue weighted by molar-refractivity contribution is -0.123. The second kappa shape index (κ2) is 6.58. The number of carbonyl (C=O) groups excluding carboxylic acids is 1. The standard InChI is InChI=1S/C23H20F2N4O3/c1-11-9-27-21(32-10-14-7-23(14,24)25)19-18-15-5-4-13(8-26)6-16(15)29(3,31)22(30)17(18)12(2)28-20(11)19/h4-6,9,14,18,28H,7,10H2,1-3H3. The van der Waals surface area contributed by atoms with Gasteiger partial charge in [0.2, 0.25) is 5.88 Å². The number of hydrogen-bond acceptors (Lipinski definition) is 6. The van der Waals surface area contributed by atoms with E-state index in [-0.39, 0.29) is 35.7 Å². The number of hydrogen-bond donors (Lipinski definition) is 1. The van der Waals surface area contributed by atoms with E-state index in [1.807, 2.05) is 13.0 Å². The number of alkyl halides is 2. The third-order valence-electron chi connectivity index (χ3n) is 6.49. The lowest BCUT2D eigenvalue weighted by Crippen LogP contribution is -2.51. The highest BCUT2D eigenvalue weighted by molar-refractivity contribution is 6.09. The van der Waals surface area contributed by atoms with Crippen molar-refractivity contribution >= 4 is 17.3 Å². The van der Waals surface area contributed by atoms with Crippen LogP contribution in [0, 0.1) is 29.4 Å². The Morgan fingerprint density at radius 2 is 2.12 bits per heavy atom. The molecule has 0 spiro atoms.